The maximum absolute atomic E-state index is 12.8. The van der Waals surface area contributed by atoms with Crippen LogP contribution in [0, 0.1) is 5.92 Å². The van der Waals surface area contributed by atoms with Gasteiger partial charge >= 0.3 is 0 Å². The van der Waals surface area contributed by atoms with Gasteiger partial charge < -0.3 is 10.6 Å². The molecule has 1 saturated heterocycles. The summed E-state index contributed by atoms with van der Waals surface area (Å²) in [5, 5.41) is 0. The summed E-state index contributed by atoms with van der Waals surface area (Å²) in [5.41, 5.74) is 8.54. The zero-order valence-corrected chi connectivity index (χ0v) is 13.5. The molecule has 1 aromatic carbocycles. The Bertz CT molecular complexity index is 523. The predicted octanol–water partition coefficient (Wildman–Crippen LogP) is 1.63. The van der Waals surface area contributed by atoms with Gasteiger partial charge in [0.15, 0.2) is 0 Å². The Labute approximate surface area is 133 Å². The average Bonchev–Trinajstić information content (AvgIpc) is 2.60. The van der Waals surface area contributed by atoms with Gasteiger partial charge in [-0.3, -0.25) is 9.69 Å². The predicted molar refractivity (Wildman–Crippen MR) is 88.4 cm³/mol. The van der Waals surface area contributed by atoms with Crippen molar-refractivity contribution in [2.75, 3.05) is 26.2 Å². The molecule has 0 saturated carbocycles. The second-order valence-electron chi connectivity index (χ2n) is 6.67. The molecule has 1 atom stereocenters. The van der Waals surface area contributed by atoms with Crippen molar-refractivity contribution in [3.05, 3.63) is 35.4 Å². The second-order valence-corrected chi connectivity index (χ2v) is 6.67. The van der Waals surface area contributed by atoms with Crippen LogP contribution >= 0.6 is 0 Å². The van der Waals surface area contributed by atoms with Crippen LogP contribution in [0.1, 0.15) is 30.9 Å². The highest BCUT2D eigenvalue weighted by molar-refractivity contribution is 5.81. The highest BCUT2D eigenvalue weighted by Crippen LogP contribution is 2.22. The van der Waals surface area contributed by atoms with Gasteiger partial charge in [-0.25, -0.2) is 0 Å². The third-order valence-corrected chi connectivity index (χ3v) is 5.32. The van der Waals surface area contributed by atoms with Crippen LogP contribution in [0.2, 0.25) is 0 Å². The monoisotopic (exact) mass is 301 g/mol. The normalized spacial score (nSPS) is 21.5. The lowest BCUT2D eigenvalue weighted by Gasteiger charge is -2.38. The first kappa shape index (κ1) is 15.5. The summed E-state index contributed by atoms with van der Waals surface area (Å²) < 4.78 is 0. The van der Waals surface area contributed by atoms with E-state index < -0.39 is 0 Å². The number of likely N-dealkylation sites (tertiary alicyclic amines) is 1. The van der Waals surface area contributed by atoms with Gasteiger partial charge in [0.2, 0.25) is 5.91 Å². The van der Waals surface area contributed by atoms with Gasteiger partial charge in [0, 0.05) is 26.2 Å². The average molecular weight is 301 g/mol. The van der Waals surface area contributed by atoms with Crippen molar-refractivity contribution >= 4 is 5.91 Å². The quantitative estimate of drug-likeness (QED) is 0.923. The molecule has 2 N–H and O–H groups in total. The van der Waals surface area contributed by atoms with Crippen molar-refractivity contribution < 1.29 is 4.79 Å². The van der Waals surface area contributed by atoms with Crippen LogP contribution in [0.3, 0.4) is 0 Å². The Morgan fingerprint density at radius 3 is 2.59 bits per heavy atom. The van der Waals surface area contributed by atoms with Gasteiger partial charge in [0.05, 0.1) is 6.04 Å². The SMILES string of the molecule is CC(C(=O)N1CCC(CN)CC1)N1CCc2ccccc2C1. The third kappa shape index (κ3) is 3.18. The fraction of sp³-hybridized carbons (Fsp3) is 0.611. The van der Waals surface area contributed by atoms with Crippen molar-refractivity contribution in [1.82, 2.24) is 9.80 Å². The Kier molecular flexibility index (Phi) is 4.79. The molecule has 1 fully saturated rings. The molecular formula is C18H27N3O. The molecule has 1 aromatic rings. The summed E-state index contributed by atoms with van der Waals surface area (Å²) in [5.74, 6) is 0.885. The van der Waals surface area contributed by atoms with E-state index in [0.29, 0.717) is 5.92 Å². The van der Waals surface area contributed by atoms with Crippen molar-refractivity contribution in [2.45, 2.75) is 38.8 Å². The molecule has 0 bridgehead atoms. The minimum absolute atomic E-state index is 0.0252. The van der Waals surface area contributed by atoms with E-state index in [1.165, 1.54) is 11.1 Å². The topological polar surface area (TPSA) is 49.6 Å². The lowest BCUT2D eigenvalue weighted by molar-refractivity contribution is -0.138. The smallest absolute Gasteiger partial charge is 0.239 e. The number of nitrogens with two attached hydrogens (primary N) is 1. The van der Waals surface area contributed by atoms with E-state index in [1.807, 2.05) is 4.90 Å². The third-order valence-electron chi connectivity index (χ3n) is 5.32. The summed E-state index contributed by atoms with van der Waals surface area (Å²) in [6.45, 7) is 6.42. The number of rotatable bonds is 3. The summed E-state index contributed by atoms with van der Waals surface area (Å²) in [6.07, 6.45) is 3.15. The van der Waals surface area contributed by atoms with Crippen LogP contribution in [-0.4, -0.2) is 47.9 Å². The molecule has 22 heavy (non-hydrogen) atoms. The molecule has 0 spiro atoms. The molecule has 4 nitrogen and oxygen atoms in total. The van der Waals surface area contributed by atoms with Crippen LogP contribution < -0.4 is 5.73 Å². The number of hydrogen-bond acceptors (Lipinski definition) is 3. The Balaban J connectivity index is 1.60. The van der Waals surface area contributed by atoms with E-state index in [1.54, 1.807) is 0 Å². The van der Waals surface area contributed by atoms with Crippen LogP contribution in [0.25, 0.3) is 0 Å². The lowest BCUT2D eigenvalue weighted by atomic mass is 9.96. The number of carbonyl (C=O) groups is 1. The number of hydrogen-bond donors (Lipinski definition) is 1. The number of piperidine rings is 1. The van der Waals surface area contributed by atoms with Gasteiger partial charge in [-0.15, -0.1) is 0 Å². The van der Waals surface area contributed by atoms with Gasteiger partial charge in [0.1, 0.15) is 0 Å². The van der Waals surface area contributed by atoms with Gasteiger partial charge in [-0.2, -0.15) is 0 Å². The zero-order valence-electron chi connectivity index (χ0n) is 13.5. The van der Waals surface area contributed by atoms with E-state index >= 15 is 0 Å². The molecule has 3 rings (SSSR count). The number of benzene rings is 1. The summed E-state index contributed by atoms with van der Waals surface area (Å²) >= 11 is 0. The Hall–Kier alpha value is -1.39. The van der Waals surface area contributed by atoms with Crippen LogP contribution in [-0.2, 0) is 17.8 Å². The molecule has 1 unspecified atom stereocenters. The summed E-state index contributed by atoms with van der Waals surface area (Å²) in [4.78, 5) is 17.1. The highest BCUT2D eigenvalue weighted by Gasteiger charge is 2.30. The zero-order chi connectivity index (χ0) is 15.5. The molecule has 0 radical (unpaired) electrons. The molecule has 2 aliphatic rings. The molecule has 0 aromatic heterocycles. The molecule has 1 amide bonds. The number of amides is 1. The van der Waals surface area contributed by atoms with Crippen LogP contribution in [0.15, 0.2) is 24.3 Å². The fourth-order valence-corrected chi connectivity index (χ4v) is 3.66. The standard InChI is InChI=1S/C18H27N3O/c1-14(18(22)20-9-6-15(12-19)7-10-20)21-11-8-16-4-2-3-5-17(16)13-21/h2-5,14-15H,6-13,19H2,1H3. The molecule has 4 heteroatoms. The Morgan fingerprint density at radius 2 is 1.91 bits per heavy atom. The van der Waals surface area contributed by atoms with Gasteiger partial charge in [-0.1, -0.05) is 24.3 Å². The van der Waals surface area contributed by atoms with E-state index in [0.717, 1.165) is 52.0 Å². The molecule has 120 valence electrons. The minimum Gasteiger partial charge on any atom is -0.341 e. The number of carbonyl (C=O) groups excluding carboxylic acids is 1. The maximum atomic E-state index is 12.8. The summed E-state index contributed by atoms with van der Waals surface area (Å²) in [7, 11) is 0. The summed E-state index contributed by atoms with van der Waals surface area (Å²) in [6, 6.07) is 8.56. The van der Waals surface area contributed by atoms with Crippen molar-refractivity contribution in [3.8, 4) is 0 Å². The van der Waals surface area contributed by atoms with Gasteiger partial charge in [0.25, 0.3) is 0 Å². The van der Waals surface area contributed by atoms with Gasteiger partial charge in [-0.05, 0) is 49.8 Å². The van der Waals surface area contributed by atoms with Crippen LogP contribution in [0.5, 0.6) is 0 Å². The second kappa shape index (κ2) is 6.80. The number of fused-ring (bicyclic) bond motifs is 1. The van der Waals surface area contributed by atoms with E-state index in [2.05, 4.69) is 36.1 Å². The largest absolute Gasteiger partial charge is 0.341 e. The molecular weight excluding hydrogens is 274 g/mol. The Morgan fingerprint density at radius 1 is 1.23 bits per heavy atom. The first-order valence-corrected chi connectivity index (χ1v) is 8.48. The lowest BCUT2D eigenvalue weighted by Crippen LogP contribution is -2.51. The van der Waals surface area contributed by atoms with Crippen LogP contribution in [0.4, 0.5) is 0 Å². The van der Waals surface area contributed by atoms with Crippen molar-refractivity contribution in [1.29, 1.82) is 0 Å². The maximum Gasteiger partial charge on any atom is 0.239 e. The molecule has 0 aliphatic carbocycles. The van der Waals surface area contributed by atoms with Crippen molar-refractivity contribution in [3.63, 3.8) is 0 Å². The van der Waals surface area contributed by atoms with Crippen molar-refractivity contribution in [2.24, 2.45) is 11.7 Å². The first-order valence-electron chi connectivity index (χ1n) is 8.48. The fourth-order valence-electron chi connectivity index (χ4n) is 3.66. The van der Waals surface area contributed by atoms with E-state index in [9.17, 15) is 4.79 Å². The minimum atomic E-state index is -0.0252. The molecule has 2 heterocycles. The number of nitrogens with zero attached hydrogens (tertiary/aromatic N) is 2. The van der Waals surface area contributed by atoms with E-state index in [-0.39, 0.29) is 11.9 Å². The first-order chi connectivity index (χ1) is 10.7. The molecule has 2 aliphatic heterocycles. The van der Waals surface area contributed by atoms with E-state index in [4.69, 9.17) is 5.73 Å². The highest BCUT2D eigenvalue weighted by atomic mass is 16.2.